The number of halogens is 1. The van der Waals surface area contributed by atoms with Gasteiger partial charge in [0.15, 0.2) is 0 Å². The first-order chi connectivity index (χ1) is 13.6. The molecule has 0 saturated carbocycles. The van der Waals surface area contributed by atoms with Crippen LogP contribution in [0.2, 0.25) is 5.02 Å². The van der Waals surface area contributed by atoms with Gasteiger partial charge >= 0.3 is 0 Å². The third-order valence-corrected chi connectivity index (χ3v) is 4.60. The Kier molecular flexibility index (Phi) is 5.48. The third kappa shape index (κ3) is 4.32. The van der Waals surface area contributed by atoms with Gasteiger partial charge in [-0.05, 0) is 64.1 Å². The van der Waals surface area contributed by atoms with Crippen molar-refractivity contribution in [1.82, 2.24) is 10.4 Å². The van der Waals surface area contributed by atoms with Crippen LogP contribution in [0.25, 0.3) is 11.0 Å². The molecule has 3 rings (SSSR count). The van der Waals surface area contributed by atoms with Gasteiger partial charge in [0.05, 0.1) is 10.9 Å². The maximum atomic E-state index is 13.2. The number of hydrogen-bond donors (Lipinski definition) is 1. The number of benzene rings is 2. The van der Waals surface area contributed by atoms with Gasteiger partial charge < -0.3 is 4.42 Å². The lowest BCUT2D eigenvalue weighted by atomic mass is 10.1. The van der Waals surface area contributed by atoms with E-state index in [1.807, 2.05) is 13.0 Å². The van der Waals surface area contributed by atoms with Crippen molar-refractivity contribution in [3.63, 3.8) is 0 Å². The topological polar surface area (TPSA) is 79.6 Å². The van der Waals surface area contributed by atoms with E-state index in [4.69, 9.17) is 16.0 Å². The highest BCUT2D eigenvalue weighted by Crippen LogP contribution is 2.18. The van der Waals surface area contributed by atoms with Gasteiger partial charge in [-0.25, -0.2) is 5.01 Å². The zero-order chi connectivity index (χ0) is 21.3. The van der Waals surface area contributed by atoms with Gasteiger partial charge in [0.1, 0.15) is 17.4 Å². The Morgan fingerprint density at radius 2 is 1.72 bits per heavy atom. The van der Waals surface area contributed by atoms with E-state index in [2.05, 4.69) is 5.43 Å². The van der Waals surface area contributed by atoms with Gasteiger partial charge in [-0.3, -0.25) is 19.8 Å². The van der Waals surface area contributed by atoms with Crippen molar-refractivity contribution in [2.24, 2.45) is 0 Å². The Hall–Kier alpha value is -3.12. The molecule has 0 spiro atoms. The summed E-state index contributed by atoms with van der Waals surface area (Å²) in [5, 5.41) is 1.95. The maximum absolute atomic E-state index is 13.2. The van der Waals surface area contributed by atoms with Crippen LogP contribution in [0.3, 0.4) is 0 Å². The summed E-state index contributed by atoms with van der Waals surface area (Å²) in [5.41, 5.74) is 2.79. The predicted molar refractivity (Wildman–Crippen MR) is 112 cm³/mol. The summed E-state index contributed by atoms with van der Waals surface area (Å²) in [5.74, 6) is -1.15. The Bertz CT molecular complexity index is 1140. The summed E-state index contributed by atoms with van der Waals surface area (Å²) in [4.78, 5) is 38.7. The molecule has 2 aromatic carbocycles. The molecule has 0 bridgehead atoms. The van der Waals surface area contributed by atoms with Gasteiger partial charge in [-0.15, -0.1) is 0 Å². The first-order valence-electron chi connectivity index (χ1n) is 9.01. The number of carbonyl (C=O) groups excluding carboxylic acids is 2. The van der Waals surface area contributed by atoms with Crippen LogP contribution in [0.5, 0.6) is 0 Å². The lowest BCUT2D eigenvalue weighted by Crippen LogP contribution is -2.56. The smallest absolute Gasteiger partial charge is 0.279 e. The summed E-state index contributed by atoms with van der Waals surface area (Å²) < 4.78 is 5.49. The van der Waals surface area contributed by atoms with Crippen LogP contribution in [0.1, 0.15) is 47.1 Å². The van der Waals surface area contributed by atoms with Crippen molar-refractivity contribution in [1.29, 1.82) is 0 Å². The van der Waals surface area contributed by atoms with Gasteiger partial charge in [-0.2, -0.15) is 0 Å². The highest BCUT2D eigenvalue weighted by atomic mass is 35.5. The van der Waals surface area contributed by atoms with Gasteiger partial charge in [0, 0.05) is 10.6 Å². The highest BCUT2D eigenvalue weighted by Gasteiger charge is 2.31. The number of hydrazine groups is 1. The average Bonchev–Trinajstić information content (AvgIpc) is 2.66. The third-order valence-electron chi connectivity index (χ3n) is 4.35. The molecule has 0 unspecified atom stereocenters. The second kappa shape index (κ2) is 7.72. The number of carbonyl (C=O) groups is 2. The molecule has 1 N–H and O–H groups in total. The first-order valence-corrected chi connectivity index (χ1v) is 9.39. The number of fused-ring (bicyclic) bond motifs is 1. The first kappa shape index (κ1) is 20.6. The van der Waals surface area contributed by atoms with Crippen LogP contribution in [0.15, 0.2) is 57.9 Å². The van der Waals surface area contributed by atoms with E-state index in [0.717, 1.165) is 16.8 Å². The second-order valence-corrected chi connectivity index (χ2v) is 8.17. The standard InChI is InChI=1S/C22H21ClN2O4/c1-13-5-10-18-16(11-13)19(26)17(12-29-18)21(28)25(22(2,3)4)24-20(27)14-6-8-15(23)9-7-14/h5-12H,1-4H3,(H,24,27). The van der Waals surface area contributed by atoms with Crippen LogP contribution in [-0.4, -0.2) is 22.4 Å². The van der Waals surface area contributed by atoms with Crippen LogP contribution in [0.4, 0.5) is 0 Å². The van der Waals surface area contributed by atoms with Gasteiger partial charge in [0.25, 0.3) is 11.8 Å². The molecule has 0 radical (unpaired) electrons. The van der Waals surface area contributed by atoms with Crippen LogP contribution >= 0.6 is 11.6 Å². The van der Waals surface area contributed by atoms with Crippen molar-refractivity contribution in [3.8, 4) is 0 Å². The molecule has 6 nitrogen and oxygen atoms in total. The minimum atomic E-state index is -0.798. The van der Waals surface area contributed by atoms with E-state index < -0.39 is 22.8 Å². The molecule has 0 aliphatic rings. The minimum absolute atomic E-state index is 0.158. The molecule has 1 heterocycles. The molecule has 3 aromatic rings. The van der Waals surface area contributed by atoms with Crippen molar-refractivity contribution in [2.75, 3.05) is 0 Å². The van der Waals surface area contributed by atoms with Crippen LogP contribution < -0.4 is 10.9 Å². The molecule has 0 atom stereocenters. The van der Waals surface area contributed by atoms with E-state index in [9.17, 15) is 14.4 Å². The highest BCUT2D eigenvalue weighted by molar-refractivity contribution is 6.30. The van der Waals surface area contributed by atoms with Crippen molar-refractivity contribution >= 4 is 34.4 Å². The SMILES string of the molecule is Cc1ccc2occ(C(=O)N(NC(=O)c3ccc(Cl)cc3)C(C)(C)C)c(=O)c2c1. The number of nitrogens with one attached hydrogen (secondary N) is 1. The fraction of sp³-hybridized carbons (Fsp3) is 0.227. The number of amides is 2. The molecular weight excluding hydrogens is 392 g/mol. The Morgan fingerprint density at radius 3 is 2.34 bits per heavy atom. The fourth-order valence-corrected chi connectivity index (χ4v) is 2.93. The van der Waals surface area contributed by atoms with Crippen molar-refractivity contribution < 1.29 is 14.0 Å². The zero-order valence-electron chi connectivity index (χ0n) is 16.6. The van der Waals surface area contributed by atoms with E-state index in [1.165, 1.54) is 0 Å². The molecule has 0 aliphatic carbocycles. The Balaban J connectivity index is 1.99. The fourth-order valence-electron chi connectivity index (χ4n) is 2.80. The molecule has 7 heteroatoms. The Labute approximate surface area is 173 Å². The quantitative estimate of drug-likeness (QED) is 0.635. The minimum Gasteiger partial charge on any atom is -0.463 e. The second-order valence-electron chi connectivity index (χ2n) is 7.74. The molecule has 150 valence electrons. The molecule has 0 saturated heterocycles. The van der Waals surface area contributed by atoms with Crippen molar-refractivity contribution in [2.45, 2.75) is 33.2 Å². The van der Waals surface area contributed by atoms with E-state index in [1.54, 1.807) is 57.2 Å². The molecule has 1 aromatic heterocycles. The summed E-state index contributed by atoms with van der Waals surface area (Å²) in [6, 6.07) is 11.4. The average molecular weight is 413 g/mol. The molecule has 2 amide bonds. The van der Waals surface area contributed by atoms with Crippen LogP contribution in [-0.2, 0) is 0 Å². The number of hydrogen-bond acceptors (Lipinski definition) is 4. The maximum Gasteiger partial charge on any atom is 0.279 e. The molecule has 0 aliphatic heterocycles. The van der Waals surface area contributed by atoms with E-state index >= 15 is 0 Å². The number of nitrogens with zero attached hydrogens (tertiary/aromatic N) is 1. The summed E-state index contributed by atoms with van der Waals surface area (Å²) in [6.45, 7) is 7.10. The number of rotatable bonds is 2. The lowest BCUT2D eigenvalue weighted by Gasteiger charge is -2.35. The van der Waals surface area contributed by atoms with Gasteiger partial charge in [-0.1, -0.05) is 23.2 Å². The Morgan fingerprint density at radius 1 is 1.07 bits per heavy atom. The molecule has 0 fully saturated rings. The number of aryl methyl sites for hydroxylation is 1. The van der Waals surface area contributed by atoms with Crippen LogP contribution in [0, 0.1) is 6.92 Å². The normalized spacial score (nSPS) is 11.3. The van der Waals surface area contributed by atoms with Gasteiger partial charge in [0.2, 0.25) is 5.43 Å². The van der Waals surface area contributed by atoms with E-state index in [0.29, 0.717) is 21.6 Å². The summed E-state index contributed by atoms with van der Waals surface area (Å²) >= 11 is 5.86. The summed E-state index contributed by atoms with van der Waals surface area (Å²) in [7, 11) is 0. The summed E-state index contributed by atoms with van der Waals surface area (Å²) in [6.07, 6.45) is 1.13. The van der Waals surface area contributed by atoms with Crippen molar-refractivity contribution in [3.05, 3.63) is 80.7 Å². The monoisotopic (exact) mass is 412 g/mol. The largest absolute Gasteiger partial charge is 0.463 e. The molecular formula is C22H21ClN2O4. The zero-order valence-corrected chi connectivity index (χ0v) is 17.3. The van der Waals surface area contributed by atoms with E-state index in [-0.39, 0.29) is 5.56 Å². The lowest BCUT2D eigenvalue weighted by molar-refractivity contribution is 0.0356. The predicted octanol–water partition coefficient (Wildman–Crippen LogP) is 4.34. The molecule has 29 heavy (non-hydrogen) atoms.